The maximum atomic E-state index is 8.96. The molecule has 17 heavy (non-hydrogen) atoms. The first-order valence-electron chi connectivity index (χ1n) is 6.63. The van der Waals surface area contributed by atoms with Crippen molar-refractivity contribution in [3.8, 4) is 0 Å². The summed E-state index contributed by atoms with van der Waals surface area (Å²) in [6, 6.07) is 8.96. The maximum Gasteiger partial charge on any atom is 0.0456 e. The number of aliphatic hydroxyl groups is 1. The van der Waals surface area contributed by atoms with Crippen LogP contribution in [0, 0.1) is 5.92 Å². The molecule has 96 valence electrons. The van der Waals surface area contributed by atoms with Gasteiger partial charge in [-0.25, -0.2) is 0 Å². The molecule has 0 amide bonds. The van der Waals surface area contributed by atoms with Crippen LogP contribution in [0.2, 0.25) is 0 Å². The summed E-state index contributed by atoms with van der Waals surface area (Å²) in [4.78, 5) is 0. The Bertz CT molecular complexity index is 318. The van der Waals surface area contributed by atoms with E-state index in [9.17, 15) is 0 Å². The summed E-state index contributed by atoms with van der Waals surface area (Å²) in [5, 5.41) is 8.96. The Morgan fingerprint density at radius 3 is 2.18 bits per heavy atom. The zero-order chi connectivity index (χ0) is 12.9. The lowest BCUT2D eigenvalue weighted by Gasteiger charge is -2.19. The second-order valence-electron chi connectivity index (χ2n) is 6.13. The third-order valence-electron chi connectivity index (χ3n) is 3.29. The van der Waals surface area contributed by atoms with Crippen LogP contribution in [0.1, 0.15) is 51.7 Å². The quantitative estimate of drug-likeness (QED) is 0.818. The minimum atomic E-state index is 0.240. The Kier molecular flexibility index (Phi) is 5.20. The lowest BCUT2D eigenvalue weighted by Crippen LogP contribution is -2.10. The van der Waals surface area contributed by atoms with Crippen LogP contribution in [0.25, 0.3) is 0 Å². The lowest BCUT2D eigenvalue weighted by atomic mass is 9.86. The molecule has 0 spiro atoms. The molecule has 1 aromatic carbocycles. The van der Waals surface area contributed by atoms with Gasteiger partial charge < -0.3 is 5.11 Å². The van der Waals surface area contributed by atoms with Crippen LogP contribution in [0.4, 0.5) is 0 Å². The highest BCUT2D eigenvalue weighted by Gasteiger charge is 2.12. The van der Waals surface area contributed by atoms with E-state index in [2.05, 4.69) is 52.0 Å². The number of hydrogen-bond donors (Lipinski definition) is 1. The molecular formula is C16H26O. The van der Waals surface area contributed by atoms with Crippen molar-refractivity contribution in [2.45, 2.75) is 52.4 Å². The number of aryl methyl sites for hydroxylation is 1. The van der Waals surface area contributed by atoms with Gasteiger partial charge in [-0.3, -0.25) is 0 Å². The SMILES string of the molecule is CC(CO)CCCc1ccc(C(C)(C)C)cc1. The predicted molar refractivity (Wildman–Crippen MR) is 74.3 cm³/mol. The Balaban J connectivity index is 2.46. The van der Waals surface area contributed by atoms with E-state index in [1.807, 2.05) is 0 Å². The first-order valence-corrected chi connectivity index (χ1v) is 6.63. The van der Waals surface area contributed by atoms with Crippen molar-refractivity contribution in [1.82, 2.24) is 0 Å². The molecule has 0 saturated carbocycles. The molecule has 1 N–H and O–H groups in total. The zero-order valence-electron chi connectivity index (χ0n) is 11.7. The summed E-state index contributed by atoms with van der Waals surface area (Å²) >= 11 is 0. The fourth-order valence-corrected chi connectivity index (χ4v) is 1.92. The number of benzene rings is 1. The van der Waals surface area contributed by atoms with Crippen molar-refractivity contribution in [2.24, 2.45) is 5.92 Å². The molecule has 0 aliphatic carbocycles. The molecular weight excluding hydrogens is 208 g/mol. The minimum Gasteiger partial charge on any atom is -0.396 e. The zero-order valence-corrected chi connectivity index (χ0v) is 11.7. The minimum absolute atomic E-state index is 0.240. The molecule has 0 aliphatic rings. The molecule has 0 heterocycles. The first kappa shape index (κ1) is 14.2. The fourth-order valence-electron chi connectivity index (χ4n) is 1.92. The molecule has 1 unspecified atom stereocenters. The molecule has 1 nitrogen and oxygen atoms in total. The van der Waals surface area contributed by atoms with Crippen molar-refractivity contribution < 1.29 is 5.11 Å². The summed E-state index contributed by atoms with van der Waals surface area (Å²) in [6.45, 7) is 9.13. The normalized spacial score (nSPS) is 13.7. The molecule has 1 rings (SSSR count). The third kappa shape index (κ3) is 4.91. The van der Waals surface area contributed by atoms with E-state index in [1.165, 1.54) is 11.1 Å². The molecule has 1 atom stereocenters. The van der Waals surface area contributed by atoms with Gasteiger partial charge in [0.25, 0.3) is 0 Å². The standard InChI is InChI=1S/C16H26O/c1-13(12-17)6-5-7-14-8-10-15(11-9-14)16(2,3)4/h8-11,13,17H,5-7,12H2,1-4H3. The van der Waals surface area contributed by atoms with Crippen molar-refractivity contribution in [3.63, 3.8) is 0 Å². The monoisotopic (exact) mass is 234 g/mol. The van der Waals surface area contributed by atoms with E-state index >= 15 is 0 Å². The highest BCUT2D eigenvalue weighted by molar-refractivity contribution is 5.27. The highest BCUT2D eigenvalue weighted by atomic mass is 16.3. The van der Waals surface area contributed by atoms with Crippen LogP contribution in [-0.2, 0) is 11.8 Å². The number of hydrogen-bond acceptors (Lipinski definition) is 1. The van der Waals surface area contributed by atoms with Gasteiger partial charge in [0, 0.05) is 6.61 Å². The first-order chi connectivity index (χ1) is 7.93. The summed E-state index contributed by atoms with van der Waals surface area (Å²) in [6.07, 6.45) is 3.39. The van der Waals surface area contributed by atoms with Crippen LogP contribution in [0.15, 0.2) is 24.3 Å². The van der Waals surface area contributed by atoms with Gasteiger partial charge in [-0.15, -0.1) is 0 Å². The van der Waals surface area contributed by atoms with E-state index in [1.54, 1.807) is 0 Å². The van der Waals surface area contributed by atoms with Gasteiger partial charge in [0.1, 0.15) is 0 Å². The van der Waals surface area contributed by atoms with Gasteiger partial charge in [-0.1, -0.05) is 52.0 Å². The molecule has 0 fully saturated rings. The molecule has 0 saturated heterocycles. The largest absolute Gasteiger partial charge is 0.396 e. The molecule has 0 aliphatic heterocycles. The molecule has 0 bridgehead atoms. The Morgan fingerprint density at radius 1 is 1.12 bits per heavy atom. The van der Waals surface area contributed by atoms with E-state index in [0.717, 1.165) is 19.3 Å². The predicted octanol–water partition coefficient (Wildman–Crippen LogP) is 3.94. The van der Waals surface area contributed by atoms with Crippen LogP contribution in [0.5, 0.6) is 0 Å². The summed E-state index contributed by atoms with van der Waals surface area (Å²) in [7, 11) is 0. The smallest absolute Gasteiger partial charge is 0.0456 e. The van der Waals surface area contributed by atoms with Crippen molar-refractivity contribution in [2.75, 3.05) is 6.61 Å². The van der Waals surface area contributed by atoms with E-state index in [0.29, 0.717) is 12.5 Å². The Morgan fingerprint density at radius 2 is 1.71 bits per heavy atom. The fraction of sp³-hybridized carbons (Fsp3) is 0.625. The van der Waals surface area contributed by atoms with Gasteiger partial charge in [-0.2, -0.15) is 0 Å². The van der Waals surface area contributed by atoms with Gasteiger partial charge in [-0.05, 0) is 41.7 Å². The Hall–Kier alpha value is -0.820. The molecule has 0 aromatic heterocycles. The van der Waals surface area contributed by atoms with Crippen LogP contribution < -0.4 is 0 Å². The van der Waals surface area contributed by atoms with Crippen LogP contribution in [-0.4, -0.2) is 11.7 Å². The molecule has 1 heteroatoms. The Labute approximate surface area is 106 Å². The third-order valence-corrected chi connectivity index (χ3v) is 3.29. The van der Waals surface area contributed by atoms with Gasteiger partial charge in [0.05, 0.1) is 0 Å². The second kappa shape index (κ2) is 6.20. The van der Waals surface area contributed by atoms with Gasteiger partial charge in [0.2, 0.25) is 0 Å². The van der Waals surface area contributed by atoms with E-state index in [-0.39, 0.29) is 5.41 Å². The summed E-state index contributed by atoms with van der Waals surface area (Å²) in [5.74, 6) is 0.434. The number of rotatable bonds is 5. The topological polar surface area (TPSA) is 20.2 Å². The molecule has 1 aromatic rings. The second-order valence-corrected chi connectivity index (χ2v) is 6.13. The van der Waals surface area contributed by atoms with Crippen molar-refractivity contribution >= 4 is 0 Å². The van der Waals surface area contributed by atoms with Crippen LogP contribution in [0.3, 0.4) is 0 Å². The number of aliphatic hydroxyl groups excluding tert-OH is 1. The summed E-state index contributed by atoms with van der Waals surface area (Å²) < 4.78 is 0. The lowest BCUT2D eigenvalue weighted by molar-refractivity contribution is 0.228. The van der Waals surface area contributed by atoms with E-state index in [4.69, 9.17) is 5.11 Å². The van der Waals surface area contributed by atoms with Gasteiger partial charge in [0.15, 0.2) is 0 Å². The van der Waals surface area contributed by atoms with Crippen molar-refractivity contribution in [1.29, 1.82) is 0 Å². The van der Waals surface area contributed by atoms with Crippen LogP contribution >= 0.6 is 0 Å². The van der Waals surface area contributed by atoms with Crippen molar-refractivity contribution in [3.05, 3.63) is 35.4 Å². The van der Waals surface area contributed by atoms with Gasteiger partial charge >= 0.3 is 0 Å². The van der Waals surface area contributed by atoms with E-state index < -0.39 is 0 Å². The summed E-state index contributed by atoms with van der Waals surface area (Å²) in [5.41, 5.74) is 3.04. The average Bonchev–Trinajstić information content (AvgIpc) is 2.28. The maximum absolute atomic E-state index is 8.96. The molecule has 0 radical (unpaired) electrons. The highest BCUT2D eigenvalue weighted by Crippen LogP contribution is 2.22. The average molecular weight is 234 g/mol.